The monoisotopic (exact) mass is 638 g/mol. The van der Waals surface area contributed by atoms with E-state index in [9.17, 15) is 10.2 Å². The molecule has 0 aliphatic carbocycles. The van der Waals surface area contributed by atoms with Gasteiger partial charge in [0, 0.05) is 65.4 Å². The molecular formula is C36H56N2NiO4. The minimum Gasteiger partial charge on any atom is -0.507 e. The van der Waals surface area contributed by atoms with Crippen molar-refractivity contribution in [3.8, 4) is 11.5 Å². The average molecular weight is 640 g/mol. The number of benzene rings is 2. The molecule has 2 aromatic rings. The second-order valence-electron chi connectivity index (χ2n) is 15.5. The van der Waals surface area contributed by atoms with Gasteiger partial charge in [-0.1, -0.05) is 95.2 Å². The van der Waals surface area contributed by atoms with Crippen LogP contribution in [0.5, 0.6) is 11.5 Å². The van der Waals surface area contributed by atoms with Crippen molar-refractivity contribution in [1.29, 1.82) is 0 Å². The van der Waals surface area contributed by atoms with Crippen LogP contribution < -0.4 is 0 Å². The summed E-state index contributed by atoms with van der Waals surface area (Å²) in [6.45, 7) is 26.2. The largest absolute Gasteiger partial charge is 0.507 e. The number of phenols is 2. The molecule has 43 heavy (non-hydrogen) atoms. The van der Waals surface area contributed by atoms with Crippen LogP contribution in [0.15, 0.2) is 34.3 Å². The van der Waals surface area contributed by atoms with E-state index in [2.05, 4.69) is 95.2 Å². The molecule has 244 valence electrons. The van der Waals surface area contributed by atoms with Crippen molar-refractivity contribution in [2.24, 2.45) is 9.98 Å². The molecule has 7 heteroatoms. The molecule has 0 aromatic heterocycles. The quantitative estimate of drug-likeness (QED) is 0.216. The molecule has 0 heterocycles. The molecule has 2 N–H and O–H groups in total. The maximum absolute atomic E-state index is 11.3. The van der Waals surface area contributed by atoms with Crippen molar-refractivity contribution in [2.75, 3.05) is 27.4 Å². The van der Waals surface area contributed by atoms with E-state index in [1.807, 2.05) is 12.1 Å². The Morgan fingerprint density at radius 1 is 0.581 bits per heavy atom. The Hall–Kier alpha value is -2.21. The third-order valence-corrected chi connectivity index (χ3v) is 7.56. The first kappa shape index (κ1) is 38.8. The van der Waals surface area contributed by atoms with Gasteiger partial charge in [-0.15, -0.1) is 0 Å². The van der Waals surface area contributed by atoms with E-state index in [0.717, 1.165) is 22.3 Å². The Morgan fingerprint density at radius 3 is 1.12 bits per heavy atom. The molecule has 0 unspecified atom stereocenters. The third kappa shape index (κ3) is 10.4. The first-order chi connectivity index (χ1) is 19.1. The van der Waals surface area contributed by atoms with Gasteiger partial charge < -0.3 is 19.7 Å². The van der Waals surface area contributed by atoms with Gasteiger partial charge >= 0.3 is 0 Å². The molecule has 2 atom stereocenters. The Balaban J connectivity index is 0.00000924. The molecule has 6 nitrogen and oxygen atoms in total. The van der Waals surface area contributed by atoms with Crippen molar-refractivity contribution >= 4 is 12.4 Å². The van der Waals surface area contributed by atoms with Gasteiger partial charge in [0.05, 0.1) is 25.3 Å². The van der Waals surface area contributed by atoms with Crippen LogP contribution in [-0.4, -0.2) is 62.2 Å². The minimum absolute atomic E-state index is 0. The number of nitrogens with zero attached hydrogens (tertiary/aromatic N) is 2. The number of aliphatic imine (C=N–C) groups is 2. The van der Waals surface area contributed by atoms with Gasteiger partial charge in [-0.05, 0) is 44.9 Å². The van der Waals surface area contributed by atoms with E-state index in [1.165, 1.54) is 0 Å². The zero-order valence-electron chi connectivity index (χ0n) is 29.0. The number of ether oxygens (including phenoxy) is 2. The Labute approximate surface area is 271 Å². The van der Waals surface area contributed by atoms with Gasteiger partial charge in [0.15, 0.2) is 0 Å². The molecule has 0 fully saturated rings. The van der Waals surface area contributed by atoms with Crippen LogP contribution in [0.3, 0.4) is 0 Å². The van der Waals surface area contributed by atoms with E-state index in [0.29, 0.717) is 24.3 Å². The molecule has 0 radical (unpaired) electrons. The number of methoxy groups -OCH3 is 2. The number of hydrogen-bond donors (Lipinski definition) is 2. The molecule has 0 spiro atoms. The summed E-state index contributed by atoms with van der Waals surface area (Å²) in [5.74, 6) is 0.474. The van der Waals surface area contributed by atoms with Crippen LogP contribution in [0.4, 0.5) is 0 Å². The Morgan fingerprint density at radius 2 is 0.884 bits per heavy atom. The fourth-order valence-electron chi connectivity index (χ4n) is 4.72. The fourth-order valence-corrected chi connectivity index (χ4v) is 4.72. The van der Waals surface area contributed by atoms with Crippen LogP contribution in [0.2, 0.25) is 0 Å². The number of aromatic hydroxyl groups is 2. The topological polar surface area (TPSA) is 83.6 Å². The SMILES string of the molecule is COC[C@@H](N=Cc1cc(C(C)(C)C)cc(C(C)(C)C)c1O)[C@@H](COC)N=Cc1cc(C(C)(C)C)cc(C(C)(C)C)c1O.[Ni]. The zero-order chi connectivity index (χ0) is 32.3. The molecule has 0 saturated carbocycles. The van der Waals surface area contributed by atoms with Crippen molar-refractivity contribution < 1.29 is 36.2 Å². The van der Waals surface area contributed by atoms with Crippen molar-refractivity contribution in [2.45, 2.75) is 117 Å². The van der Waals surface area contributed by atoms with Gasteiger partial charge in [-0.3, -0.25) is 9.98 Å². The second kappa shape index (κ2) is 14.7. The van der Waals surface area contributed by atoms with Crippen LogP contribution in [0.25, 0.3) is 0 Å². The number of rotatable bonds is 9. The van der Waals surface area contributed by atoms with Crippen molar-refractivity contribution in [3.05, 3.63) is 57.6 Å². The normalized spacial score (nSPS) is 14.7. The summed E-state index contributed by atoms with van der Waals surface area (Å²) in [5, 5.41) is 22.5. The average Bonchev–Trinajstić information content (AvgIpc) is 2.83. The smallest absolute Gasteiger partial charge is 0.128 e. The standard InChI is InChI=1S/C36H56N2O4.Ni/c1-33(2,3)25-15-23(31(39)27(17-25)35(7,8)9)19-37-29(21-41-13)30(22-42-14)38-20-24-16-26(34(4,5)6)18-28(32(24)40)36(10,11)12;/h15-20,29-30,39-40H,21-22H2,1-14H3;/t29-,30-;/m1./s1. The van der Waals surface area contributed by atoms with E-state index >= 15 is 0 Å². The summed E-state index contributed by atoms with van der Waals surface area (Å²) < 4.78 is 11.1. The summed E-state index contributed by atoms with van der Waals surface area (Å²) in [6.07, 6.45) is 3.47. The fraction of sp³-hybridized carbons (Fsp3) is 0.611. The predicted octanol–water partition coefficient (Wildman–Crippen LogP) is 7.85. The minimum atomic E-state index is -0.378. The van der Waals surface area contributed by atoms with E-state index in [1.54, 1.807) is 26.6 Å². The summed E-state index contributed by atoms with van der Waals surface area (Å²) in [5.41, 5.74) is 4.69. The Kier molecular flexibility index (Phi) is 13.3. The van der Waals surface area contributed by atoms with Gasteiger partial charge in [0.25, 0.3) is 0 Å². The Bertz CT molecular complexity index is 1170. The maximum atomic E-state index is 11.3. The molecule has 2 rings (SSSR count). The van der Waals surface area contributed by atoms with Crippen molar-refractivity contribution in [1.82, 2.24) is 0 Å². The van der Waals surface area contributed by atoms with E-state index in [4.69, 9.17) is 19.5 Å². The first-order valence-corrected chi connectivity index (χ1v) is 14.9. The molecule has 0 aliphatic heterocycles. The van der Waals surface area contributed by atoms with Gasteiger partial charge in [-0.2, -0.15) is 0 Å². The molecule has 0 amide bonds. The third-order valence-electron chi connectivity index (χ3n) is 7.56. The van der Waals surface area contributed by atoms with Crippen LogP contribution in [0.1, 0.15) is 116 Å². The number of phenolic OH excluding ortho intramolecular Hbond substituents is 2. The molecule has 0 bridgehead atoms. The predicted molar refractivity (Wildman–Crippen MR) is 178 cm³/mol. The second-order valence-corrected chi connectivity index (χ2v) is 15.5. The van der Waals surface area contributed by atoms with Gasteiger partial charge in [0.1, 0.15) is 11.5 Å². The summed E-state index contributed by atoms with van der Waals surface area (Å²) >= 11 is 0. The summed E-state index contributed by atoms with van der Waals surface area (Å²) in [4.78, 5) is 9.78. The first-order valence-electron chi connectivity index (χ1n) is 14.9. The zero-order valence-corrected chi connectivity index (χ0v) is 29.9. The van der Waals surface area contributed by atoms with E-state index in [-0.39, 0.29) is 61.7 Å². The van der Waals surface area contributed by atoms with Crippen molar-refractivity contribution in [3.63, 3.8) is 0 Å². The van der Waals surface area contributed by atoms with Crippen LogP contribution in [0, 0.1) is 0 Å². The molecule has 0 saturated heterocycles. The van der Waals surface area contributed by atoms with Gasteiger partial charge in [-0.25, -0.2) is 0 Å². The van der Waals surface area contributed by atoms with Gasteiger partial charge in [0.2, 0.25) is 0 Å². The molecule has 2 aromatic carbocycles. The van der Waals surface area contributed by atoms with E-state index < -0.39 is 0 Å². The maximum Gasteiger partial charge on any atom is 0.128 e. The summed E-state index contributed by atoms with van der Waals surface area (Å²) in [6, 6.07) is 7.46. The summed E-state index contributed by atoms with van der Waals surface area (Å²) in [7, 11) is 3.28. The van der Waals surface area contributed by atoms with Crippen LogP contribution in [-0.2, 0) is 47.6 Å². The molecular weight excluding hydrogens is 583 g/mol. The van der Waals surface area contributed by atoms with Crippen LogP contribution >= 0.6 is 0 Å². The molecule has 0 aliphatic rings. The number of hydrogen-bond acceptors (Lipinski definition) is 6.